The van der Waals surface area contributed by atoms with Gasteiger partial charge in [0.25, 0.3) is 5.91 Å². The SMILES string of the molecule is CC(C)NC(=O)Nc1cccc(C(=O)N2CCC(C(=O)N3CCCCCC3)CC2)c1. The minimum absolute atomic E-state index is 0.0277. The minimum atomic E-state index is -0.289. The van der Waals surface area contributed by atoms with E-state index in [2.05, 4.69) is 10.6 Å². The molecule has 2 N–H and O–H groups in total. The number of carbonyl (C=O) groups excluding carboxylic acids is 3. The van der Waals surface area contributed by atoms with Crippen LogP contribution in [0.4, 0.5) is 10.5 Å². The van der Waals surface area contributed by atoms with Gasteiger partial charge in [0.2, 0.25) is 5.91 Å². The summed E-state index contributed by atoms with van der Waals surface area (Å²) in [6.07, 6.45) is 6.06. The summed E-state index contributed by atoms with van der Waals surface area (Å²) in [7, 11) is 0. The van der Waals surface area contributed by atoms with Crippen molar-refractivity contribution in [3.63, 3.8) is 0 Å². The standard InChI is InChI=1S/C23H34N4O3/c1-17(2)24-23(30)25-20-9-7-8-19(16-20)22(29)27-14-10-18(11-15-27)21(28)26-12-5-3-4-6-13-26/h7-9,16-18H,3-6,10-15H2,1-2H3,(H2,24,25,30). The largest absolute Gasteiger partial charge is 0.342 e. The van der Waals surface area contributed by atoms with Crippen molar-refractivity contribution in [3.8, 4) is 0 Å². The summed E-state index contributed by atoms with van der Waals surface area (Å²) in [4.78, 5) is 41.6. The molecule has 0 atom stereocenters. The molecule has 0 spiro atoms. The molecule has 1 aromatic carbocycles. The van der Waals surface area contributed by atoms with E-state index in [1.165, 1.54) is 12.8 Å². The molecule has 4 amide bonds. The normalized spacial score (nSPS) is 18.1. The Bertz CT molecular complexity index is 749. The zero-order valence-corrected chi connectivity index (χ0v) is 18.2. The molecule has 1 aromatic rings. The maximum absolute atomic E-state index is 12.9. The molecule has 7 heteroatoms. The quantitative estimate of drug-likeness (QED) is 0.791. The third-order valence-electron chi connectivity index (χ3n) is 5.84. The number of urea groups is 1. The molecule has 2 fully saturated rings. The number of nitrogens with one attached hydrogen (secondary N) is 2. The van der Waals surface area contributed by atoms with Gasteiger partial charge in [0, 0.05) is 49.4 Å². The average molecular weight is 415 g/mol. The second-order valence-corrected chi connectivity index (χ2v) is 8.64. The van der Waals surface area contributed by atoms with Gasteiger partial charge in [-0.25, -0.2) is 4.79 Å². The highest BCUT2D eigenvalue weighted by atomic mass is 16.2. The van der Waals surface area contributed by atoms with Crippen molar-refractivity contribution in [2.45, 2.75) is 58.4 Å². The predicted molar refractivity (Wildman–Crippen MR) is 117 cm³/mol. The molecule has 2 saturated heterocycles. The van der Waals surface area contributed by atoms with E-state index in [1.807, 2.05) is 23.6 Å². The number of piperidine rings is 1. The van der Waals surface area contributed by atoms with E-state index in [9.17, 15) is 14.4 Å². The van der Waals surface area contributed by atoms with Gasteiger partial charge >= 0.3 is 6.03 Å². The third-order valence-corrected chi connectivity index (χ3v) is 5.84. The van der Waals surface area contributed by atoms with Crippen LogP contribution in [-0.4, -0.2) is 59.9 Å². The summed E-state index contributed by atoms with van der Waals surface area (Å²) >= 11 is 0. The van der Waals surface area contributed by atoms with Crippen LogP contribution < -0.4 is 10.6 Å². The molecule has 0 radical (unpaired) electrons. The van der Waals surface area contributed by atoms with Crippen LogP contribution in [0, 0.1) is 5.92 Å². The van der Waals surface area contributed by atoms with Crippen molar-refractivity contribution in [1.82, 2.24) is 15.1 Å². The first-order valence-corrected chi connectivity index (χ1v) is 11.2. The number of benzene rings is 1. The fraction of sp³-hybridized carbons (Fsp3) is 0.609. The van der Waals surface area contributed by atoms with Gasteiger partial charge in [0.1, 0.15) is 0 Å². The van der Waals surface area contributed by atoms with Gasteiger partial charge in [-0.2, -0.15) is 0 Å². The third kappa shape index (κ3) is 5.97. The van der Waals surface area contributed by atoms with Crippen molar-refractivity contribution in [1.29, 1.82) is 0 Å². The molecule has 0 aromatic heterocycles. The van der Waals surface area contributed by atoms with Crippen molar-refractivity contribution >= 4 is 23.5 Å². The highest BCUT2D eigenvalue weighted by molar-refractivity contribution is 5.97. The maximum Gasteiger partial charge on any atom is 0.319 e. The zero-order chi connectivity index (χ0) is 21.5. The van der Waals surface area contributed by atoms with Crippen molar-refractivity contribution < 1.29 is 14.4 Å². The highest BCUT2D eigenvalue weighted by Gasteiger charge is 2.30. The Balaban J connectivity index is 1.54. The zero-order valence-electron chi connectivity index (χ0n) is 18.2. The lowest BCUT2D eigenvalue weighted by molar-refractivity contribution is -0.136. The Morgan fingerprint density at radius 2 is 1.60 bits per heavy atom. The molecule has 3 rings (SSSR count). The Kier molecular flexibility index (Phi) is 7.71. The number of likely N-dealkylation sites (tertiary alicyclic amines) is 2. The molecule has 0 bridgehead atoms. The molecule has 2 aliphatic rings. The Morgan fingerprint density at radius 1 is 0.933 bits per heavy atom. The van der Waals surface area contributed by atoms with Gasteiger partial charge < -0.3 is 20.4 Å². The fourth-order valence-corrected chi connectivity index (χ4v) is 4.22. The van der Waals surface area contributed by atoms with Crippen LogP contribution in [0.25, 0.3) is 0 Å². The molecule has 0 unspecified atom stereocenters. The van der Waals surface area contributed by atoms with Crippen molar-refractivity contribution in [3.05, 3.63) is 29.8 Å². The first-order valence-electron chi connectivity index (χ1n) is 11.2. The van der Waals surface area contributed by atoms with E-state index in [4.69, 9.17) is 0 Å². The van der Waals surface area contributed by atoms with Gasteiger partial charge in [-0.15, -0.1) is 0 Å². The van der Waals surface area contributed by atoms with Crippen molar-refractivity contribution in [2.24, 2.45) is 5.92 Å². The van der Waals surface area contributed by atoms with Crippen LogP contribution in [0.5, 0.6) is 0 Å². The minimum Gasteiger partial charge on any atom is -0.342 e. The van der Waals surface area contributed by atoms with Gasteiger partial charge in [0.05, 0.1) is 0 Å². The summed E-state index contributed by atoms with van der Waals surface area (Å²) in [5, 5.41) is 5.53. The Hall–Kier alpha value is -2.57. The van der Waals surface area contributed by atoms with Crippen molar-refractivity contribution in [2.75, 3.05) is 31.5 Å². The van der Waals surface area contributed by atoms with E-state index in [1.54, 1.807) is 24.3 Å². The number of rotatable bonds is 4. The number of anilines is 1. The van der Waals surface area contributed by atoms with Gasteiger partial charge in [0.15, 0.2) is 0 Å². The highest BCUT2D eigenvalue weighted by Crippen LogP contribution is 2.23. The number of nitrogens with zero attached hydrogens (tertiary/aromatic N) is 2. The van der Waals surface area contributed by atoms with Gasteiger partial charge in [-0.05, 0) is 57.7 Å². The van der Waals surface area contributed by atoms with Crippen LogP contribution in [0.2, 0.25) is 0 Å². The number of carbonyl (C=O) groups is 3. The first-order chi connectivity index (χ1) is 14.4. The lowest BCUT2D eigenvalue weighted by Crippen LogP contribution is -2.44. The molecule has 7 nitrogen and oxygen atoms in total. The summed E-state index contributed by atoms with van der Waals surface area (Å²) in [5.41, 5.74) is 1.14. The fourth-order valence-electron chi connectivity index (χ4n) is 4.22. The van der Waals surface area contributed by atoms with E-state index in [-0.39, 0.29) is 29.8 Å². The monoisotopic (exact) mass is 414 g/mol. The summed E-state index contributed by atoms with van der Waals surface area (Å²) in [6.45, 7) is 6.72. The molecule has 2 aliphatic heterocycles. The van der Waals surface area contributed by atoms with Crippen LogP contribution in [0.3, 0.4) is 0 Å². The van der Waals surface area contributed by atoms with Gasteiger partial charge in [-0.3, -0.25) is 9.59 Å². The Labute approximate surface area is 179 Å². The first kappa shape index (κ1) is 22.1. The average Bonchev–Trinajstić information content (AvgIpc) is 3.02. The maximum atomic E-state index is 12.9. The predicted octanol–water partition coefficient (Wildman–Crippen LogP) is 3.47. The smallest absolute Gasteiger partial charge is 0.319 e. The van der Waals surface area contributed by atoms with Crippen LogP contribution in [0.1, 0.15) is 62.7 Å². The summed E-state index contributed by atoms with van der Waals surface area (Å²) < 4.78 is 0. The van der Waals surface area contributed by atoms with E-state index in [0.29, 0.717) is 24.3 Å². The van der Waals surface area contributed by atoms with Crippen LogP contribution in [-0.2, 0) is 4.79 Å². The molecular weight excluding hydrogens is 380 g/mol. The number of amides is 4. The molecule has 0 aliphatic carbocycles. The van der Waals surface area contributed by atoms with Crippen LogP contribution in [0.15, 0.2) is 24.3 Å². The van der Waals surface area contributed by atoms with E-state index in [0.717, 1.165) is 38.8 Å². The lowest BCUT2D eigenvalue weighted by Gasteiger charge is -2.34. The number of hydrogen-bond donors (Lipinski definition) is 2. The van der Waals surface area contributed by atoms with E-state index < -0.39 is 0 Å². The topological polar surface area (TPSA) is 81.8 Å². The Morgan fingerprint density at radius 3 is 2.23 bits per heavy atom. The second-order valence-electron chi connectivity index (χ2n) is 8.64. The number of hydrogen-bond acceptors (Lipinski definition) is 3. The molecule has 164 valence electrons. The van der Waals surface area contributed by atoms with E-state index >= 15 is 0 Å². The summed E-state index contributed by atoms with van der Waals surface area (Å²) in [5.74, 6) is 0.245. The summed E-state index contributed by atoms with van der Waals surface area (Å²) in [6, 6.07) is 6.76. The van der Waals surface area contributed by atoms with Gasteiger partial charge in [-0.1, -0.05) is 18.9 Å². The molecular formula is C23H34N4O3. The molecule has 0 saturated carbocycles. The molecule has 30 heavy (non-hydrogen) atoms. The van der Waals surface area contributed by atoms with Crippen LogP contribution >= 0.6 is 0 Å². The second kappa shape index (κ2) is 10.5. The molecule has 2 heterocycles. The lowest BCUT2D eigenvalue weighted by atomic mass is 9.94.